The normalized spacial score (nSPS) is 10.3. The van der Waals surface area contributed by atoms with Gasteiger partial charge in [0.05, 0.1) is 0 Å². The van der Waals surface area contributed by atoms with Crippen LogP contribution in [0.15, 0.2) is 65.1 Å². The second-order valence-electron chi connectivity index (χ2n) is 5.42. The number of halogens is 2. The molecule has 0 bridgehead atoms. The maximum Gasteiger partial charge on any atom is 0.305 e. The fourth-order valence-electron chi connectivity index (χ4n) is 2.11. The number of hydrazine groups is 1. The van der Waals surface area contributed by atoms with Crippen molar-refractivity contribution in [3.8, 4) is 5.75 Å². The van der Waals surface area contributed by atoms with Crippen molar-refractivity contribution >= 4 is 11.8 Å². The van der Waals surface area contributed by atoms with Gasteiger partial charge < -0.3 is 9.15 Å². The molecule has 3 aromatic rings. The monoisotopic (exact) mass is 372 g/mol. The minimum Gasteiger partial charge on any atom is -0.486 e. The van der Waals surface area contributed by atoms with Crippen molar-refractivity contribution < 1.29 is 27.5 Å². The molecule has 2 aromatic carbocycles. The third-order valence-electron chi connectivity index (χ3n) is 3.48. The molecule has 0 spiro atoms. The van der Waals surface area contributed by atoms with Gasteiger partial charge in [0.25, 0.3) is 5.91 Å². The predicted octanol–water partition coefficient (Wildman–Crippen LogP) is 3.21. The number of rotatable bonds is 5. The van der Waals surface area contributed by atoms with Crippen LogP contribution >= 0.6 is 0 Å². The topological polar surface area (TPSA) is 80.6 Å². The maximum absolute atomic E-state index is 12.8. The largest absolute Gasteiger partial charge is 0.486 e. The summed E-state index contributed by atoms with van der Waals surface area (Å²) in [5, 5.41) is 0. The Balaban J connectivity index is 1.51. The summed E-state index contributed by atoms with van der Waals surface area (Å²) in [6.45, 7) is 0.0425. The summed E-state index contributed by atoms with van der Waals surface area (Å²) < 4.78 is 36.4. The molecule has 0 aliphatic carbocycles. The van der Waals surface area contributed by atoms with Crippen LogP contribution in [0, 0.1) is 11.6 Å². The van der Waals surface area contributed by atoms with Gasteiger partial charge in [-0.3, -0.25) is 20.4 Å². The molecule has 3 rings (SSSR count). The molecular weight excluding hydrogens is 358 g/mol. The van der Waals surface area contributed by atoms with Gasteiger partial charge in [-0.1, -0.05) is 0 Å². The van der Waals surface area contributed by atoms with E-state index in [0.717, 1.165) is 12.1 Å². The number of benzene rings is 2. The van der Waals surface area contributed by atoms with Crippen LogP contribution in [0.2, 0.25) is 0 Å². The zero-order valence-corrected chi connectivity index (χ0v) is 13.9. The molecule has 0 aliphatic rings. The molecule has 138 valence electrons. The van der Waals surface area contributed by atoms with Crippen molar-refractivity contribution in [3.05, 3.63) is 89.4 Å². The van der Waals surface area contributed by atoms with E-state index >= 15 is 0 Å². The first-order chi connectivity index (χ1) is 13.0. The minimum absolute atomic E-state index is 0.0351. The van der Waals surface area contributed by atoms with Crippen molar-refractivity contribution in [3.63, 3.8) is 0 Å². The Hall–Kier alpha value is -3.68. The number of carbonyl (C=O) groups is 2. The first-order valence-corrected chi connectivity index (χ1v) is 7.84. The molecule has 2 N–H and O–H groups in total. The summed E-state index contributed by atoms with van der Waals surface area (Å²) in [7, 11) is 0. The van der Waals surface area contributed by atoms with Gasteiger partial charge in [0.1, 0.15) is 29.8 Å². The molecule has 2 amide bonds. The van der Waals surface area contributed by atoms with Crippen molar-refractivity contribution in [2.24, 2.45) is 0 Å². The number of ether oxygens (including phenoxy) is 1. The Kier molecular flexibility index (Phi) is 5.46. The van der Waals surface area contributed by atoms with E-state index in [1.807, 2.05) is 0 Å². The predicted molar refractivity (Wildman–Crippen MR) is 90.8 cm³/mol. The molecule has 0 aliphatic heterocycles. The van der Waals surface area contributed by atoms with Crippen LogP contribution in [0.4, 0.5) is 8.78 Å². The van der Waals surface area contributed by atoms with E-state index in [1.54, 1.807) is 6.07 Å². The first kappa shape index (κ1) is 18.1. The number of furan rings is 1. The molecule has 0 fully saturated rings. The number of hydrogen-bond acceptors (Lipinski definition) is 4. The molecule has 6 nitrogen and oxygen atoms in total. The Morgan fingerprint density at radius 3 is 2.07 bits per heavy atom. The molecule has 0 saturated heterocycles. The van der Waals surface area contributed by atoms with E-state index in [2.05, 4.69) is 10.9 Å². The Labute approximate surface area is 152 Å². The van der Waals surface area contributed by atoms with Crippen LogP contribution in [-0.4, -0.2) is 11.8 Å². The number of hydrogen-bond donors (Lipinski definition) is 2. The molecule has 0 saturated carbocycles. The van der Waals surface area contributed by atoms with Gasteiger partial charge >= 0.3 is 5.91 Å². The zero-order chi connectivity index (χ0) is 19.2. The molecule has 0 unspecified atom stereocenters. The van der Waals surface area contributed by atoms with Gasteiger partial charge in [-0.25, -0.2) is 8.78 Å². The summed E-state index contributed by atoms with van der Waals surface area (Å²) in [6.07, 6.45) is 0. The van der Waals surface area contributed by atoms with Gasteiger partial charge in [-0.15, -0.1) is 0 Å². The van der Waals surface area contributed by atoms with Gasteiger partial charge in [-0.2, -0.15) is 0 Å². The van der Waals surface area contributed by atoms with E-state index in [1.165, 1.54) is 42.5 Å². The second kappa shape index (κ2) is 8.13. The highest BCUT2D eigenvalue weighted by atomic mass is 19.1. The fourth-order valence-corrected chi connectivity index (χ4v) is 2.11. The molecule has 0 radical (unpaired) electrons. The average Bonchev–Trinajstić information content (AvgIpc) is 3.15. The SMILES string of the molecule is O=C(NNC(=O)c1ccc(COc2ccc(F)cc2)o1)c1ccc(F)cc1. The summed E-state index contributed by atoms with van der Waals surface area (Å²) in [5.74, 6) is -1.33. The third-order valence-corrected chi connectivity index (χ3v) is 3.48. The lowest BCUT2D eigenvalue weighted by Gasteiger charge is -2.06. The third kappa shape index (κ3) is 4.91. The van der Waals surface area contributed by atoms with Crippen LogP contribution < -0.4 is 15.6 Å². The van der Waals surface area contributed by atoms with E-state index in [9.17, 15) is 18.4 Å². The lowest BCUT2D eigenvalue weighted by molar-refractivity contribution is 0.0828. The Morgan fingerprint density at radius 2 is 1.41 bits per heavy atom. The van der Waals surface area contributed by atoms with Gasteiger partial charge in [0.2, 0.25) is 0 Å². The highest BCUT2D eigenvalue weighted by Crippen LogP contribution is 2.15. The number of nitrogens with one attached hydrogen (secondary N) is 2. The summed E-state index contributed by atoms with van der Waals surface area (Å²) in [6, 6.07) is 13.3. The summed E-state index contributed by atoms with van der Waals surface area (Å²) in [4.78, 5) is 23.9. The molecule has 0 atom stereocenters. The fraction of sp³-hybridized carbons (Fsp3) is 0.0526. The molecular formula is C19H14F2N2O4. The maximum atomic E-state index is 12.8. The van der Waals surface area contributed by atoms with Crippen molar-refractivity contribution in [1.82, 2.24) is 10.9 Å². The summed E-state index contributed by atoms with van der Waals surface area (Å²) in [5.41, 5.74) is 4.58. The lowest BCUT2D eigenvalue weighted by atomic mass is 10.2. The van der Waals surface area contributed by atoms with E-state index in [4.69, 9.17) is 9.15 Å². The first-order valence-electron chi connectivity index (χ1n) is 7.84. The quantitative estimate of drug-likeness (QED) is 0.674. The van der Waals surface area contributed by atoms with Crippen molar-refractivity contribution in [2.75, 3.05) is 0 Å². The number of amides is 2. The zero-order valence-electron chi connectivity index (χ0n) is 13.9. The smallest absolute Gasteiger partial charge is 0.305 e. The van der Waals surface area contributed by atoms with Crippen molar-refractivity contribution in [1.29, 1.82) is 0 Å². The average molecular weight is 372 g/mol. The molecule has 8 heteroatoms. The standard InChI is InChI=1S/C19H14F2N2O4/c20-13-3-1-12(2-4-13)18(24)22-23-19(25)17-10-9-16(27-17)11-26-15-7-5-14(21)6-8-15/h1-10H,11H2,(H,22,24)(H,23,25). The lowest BCUT2D eigenvalue weighted by Crippen LogP contribution is -2.41. The summed E-state index contributed by atoms with van der Waals surface area (Å²) >= 11 is 0. The Bertz CT molecular complexity index is 937. The van der Waals surface area contributed by atoms with Crippen LogP contribution in [-0.2, 0) is 6.61 Å². The van der Waals surface area contributed by atoms with E-state index in [0.29, 0.717) is 11.5 Å². The molecule has 1 heterocycles. The molecule has 27 heavy (non-hydrogen) atoms. The Morgan fingerprint density at radius 1 is 0.815 bits per heavy atom. The highest BCUT2D eigenvalue weighted by molar-refractivity contribution is 5.97. The minimum atomic E-state index is -0.668. The van der Waals surface area contributed by atoms with Crippen LogP contribution in [0.1, 0.15) is 26.7 Å². The van der Waals surface area contributed by atoms with E-state index < -0.39 is 17.6 Å². The molecule has 1 aromatic heterocycles. The number of carbonyl (C=O) groups excluding carboxylic acids is 2. The van der Waals surface area contributed by atoms with Crippen molar-refractivity contribution in [2.45, 2.75) is 6.61 Å². The van der Waals surface area contributed by atoms with Crippen LogP contribution in [0.3, 0.4) is 0 Å². The second-order valence-corrected chi connectivity index (χ2v) is 5.42. The van der Waals surface area contributed by atoms with Gasteiger partial charge in [0, 0.05) is 5.56 Å². The van der Waals surface area contributed by atoms with Gasteiger partial charge in [-0.05, 0) is 60.7 Å². The van der Waals surface area contributed by atoms with Crippen LogP contribution in [0.5, 0.6) is 5.75 Å². The van der Waals surface area contributed by atoms with Crippen LogP contribution in [0.25, 0.3) is 0 Å². The van der Waals surface area contributed by atoms with Gasteiger partial charge in [0.15, 0.2) is 5.76 Å². The highest BCUT2D eigenvalue weighted by Gasteiger charge is 2.13. The van der Waals surface area contributed by atoms with E-state index in [-0.39, 0.29) is 23.7 Å².